The lowest BCUT2D eigenvalue weighted by molar-refractivity contribution is -0.950. The molecule has 3 unspecified atom stereocenters. The number of aliphatic hydroxyl groups is 1. The molecule has 2 aliphatic heterocycles. The molecule has 0 radical (unpaired) electrons. The first-order chi connectivity index (χ1) is 12.4. The van der Waals surface area contributed by atoms with Gasteiger partial charge in [-0.25, -0.2) is 0 Å². The number of rotatable bonds is 2. The predicted octanol–water partition coefficient (Wildman–Crippen LogP) is 1.04. The minimum atomic E-state index is -0.959. The lowest BCUT2D eigenvalue weighted by Crippen LogP contribution is -2.80. The Bertz CT molecular complexity index is 849. The highest BCUT2D eigenvalue weighted by Gasteiger charge is 2.76. The van der Waals surface area contributed by atoms with Crippen LogP contribution in [0.3, 0.4) is 0 Å². The normalized spacial score (nSPS) is 45.2. The average Bonchev–Trinajstić information content (AvgIpc) is 3.32. The van der Waals surface area contributed by atoms with E-state index in [0.717, 1.165) is 47.5 Å². The molecule has 0 aromatic heterocycles. The monoisotopic (exact) mass is 355 g/mol. The number of ketones is 1. The number of likely N-dealkylation sites (tertiary alicyclic amines) is 1. The Balaban J connectivity index is 1.60. The Labute approximate surface area is 153 Å². The molecule has 1 saturated heterocycles. The highest BCUT2D eigenvalue weighted by Crippen LogP contribution is 2.65. The molecule has 1 N–H and O–H groups in total. The summed E-state index contributed by atoms with van der Waals surface area (Å²) < 4.78 is 6.91. The van der Waals surface area contributed by atoms with Gasteiger partial charge in [-0.1, -0.05) is 17.9 Å². The standard InChI is InChI=1S/C21H25NO4/c1-22(11-12-2-3-12)9-8-20-17-13-4-5-14(23)18(17)26-19(20)15(24)6-7-21(20,25)16(22)10-13/h4-5,12,16,19,25H,2-3,6-11H2,1H3/t16?,19?,20-,21?,22-/m0/s1. The van der Waals surface area contributed by atoms with Gasteiger partial charge in [0.15, 0.2) is 11.9 Å². The molecule has 138 valence electrons. The van der Waals surface area contributed by atoms with E-state index in [1.807, 2.05) is 6.07 Å². The fourth-order valence-electron chi connectivity index (χ4n) is 6.93. The summed E-state index contributed by atoms with van der Waals surface area (Å²) in [5.74, 6) is 1.02. The van der Waals surface area contributed by atoms with Gasteiger partial charge < -0.3 is 19.4 Å². The molecule has 5 atom stereocenters. The van der Waals surface area contributed by atoms with E-state index < -0.39 is 17.1 Å². The summed E-state index contributed by atoms with van der Waals surface area (Å²) in [6.45, 7) is 2.06. The number of carbonyl (C=O) groups excluding carboxylic acids is 1. The summed E-state index contributed by atoms with van der Waals surface area (Å²) in [4.78, 5) is 12.8. The molecule has 5 nitrogen and oxygen atoms in total. The van der Waals surface area contributed by atoms with Crippen LogP contribution >= 0.6 is 0 Å². The van der Waals surface area contributed by atoms with Crippen LogP contribution < -0.4 is 9.84 Å². The zero-order chi connectivity index (χ0) is 17.9. The summed E-state index contributed by atoms with van der Waals surface area (Å²) >= 11 is 0. The van der Waals surface area contributed by atoms with Crippen molar-refractivity contribution in [2.45, 2.75) is 61.7 Å². The molecule has 1 aromatic rings. The highest BCUT2D eigenvalue weighted by atomic mass is 16.5. The largest absolute Gasteiger partial charge is 0.870 e. The fourth-order valence-corrected chi connectivity index (χ4v) is 6.93. The van der Waals surface area contributed by atoms with Gasteiger partial charge in [0.2, 0.25) is 0 Å². The van der Waals surface area contributed by atoms with Crippen LogP contribution in [0.25, 0.3) is 0 Å². The summed E-state index contributed by atoms with van der Waals surface area (Å²) in [5.41, 5.74) is 0.322. The lowest BCUT2D eigenvalue weighted by Gasteiger charge is -2.64. The average molecular weight is 355 g/mol. The van der Waals surface area contributed by atoms with E-state index in [-0.39, 0.29) is 17.6 Å². The van der Waals surface area contributed by atoms with Gasteiger partial charge in [0.25, 0.3) is 0 Å². The van der Waals surface area contributed by atoms with Crippen LogP contribution in [0, 0.1) is 5.92 Å². The van der Waals surface area contributed by atoms with Crippen molar-refractivity contribution < 1.29 is 24.2 Å². The molecule has 3 aliphatic carbocycles. The number of Topliss-reactive ketones (excluding diaryl/α,β-unsaturated/α-hetero) is 1. The van der Waals surface area contributed by atoms with Gasteiger partial charge in [0, 0.05) is 30.7 Å². The number of benzene rings is 1. The zero-order valence-corrected chi connectivity index (χ0v) is 15.2. The van der Waals surface area contributed by atoms with Gasteiger partial charge in [-0.05, 0) is 24.8 Å². The molecule has 3 fully saturated rings. The van der Waals surface area contributed by atoms with Crippen molar-refractivity contribution in [3.63, 3.8) is 0 Å². The molecule has 2 saturated carbocycles. The SMILES string of the molecule is C[N@@+]1(CC2CC2)CC[C@]23c4c5ccc([O-])c4OC2C(=O)CCC3(O)C1C5. The highest BCUT2D eigenvalue weighted by molar-refractivity contribution is 5.89. The maximum Gasteiger partial charge on any atom is 0.174 e. The third-order valence-corrected chi connectivity index (χ3v) is 8.26. The van der Waals surface area contributed by atoms with Crippen LogP contribution in [0.1, 0.15) is 43.2 Å². The number of likely N-dealkylation sites (N-methyl/N-ethyl adjacent to an activating group) is 1. The van der Waals surface area contributed by atoms with Crippen molar-refractivity contribution in [1.82, 2.24) is 0 Å². The second-order valence-electron chi connectivity index (χ2n) is 9.59. The first kappa shape index (κ1) is 15.5. The third kappa shape index (κ3) is 1.55. The fraction of sp³-hybridized carbons (Fsp3) is 0.667. The molecular weight excluding hydrogens is 330 g/mol. The van der Waals surface area contributed by atoms with Crippen LogP contribution in [0.5, 0.6) is 11.5 Å². The second-order valence-corrected chi connectivity index (χ2v) is 9.59. The molecule has 1 spiro atoms. The molecule has 0 amide bonds. The van der Waals surface area contributed by atoms with E-state index >= 15 is 0 Å². The van der Waals surface area contributed by atoms with Crippen LogP contribution in [0.2, 0.25) is 0 Å². The first-order valence-corrected chi connectivity index (χ1v) is 9.98. The van der Waals surface area contributed by atoms with Gasteiger partial charge in [-0.2, -0.15) is 0 Å². The minimum Gasteiger partial charge on any atom is -0.870 e. The molecule has 2 bridgehead atoms. The number of nitrogens with zero attached hydrogens (tertiary/aromatic N) is 1. The van der Waals surface area contributed by atoms with Gasteiger partial charge >= 0.3 is 0 Å². The second kappa shape index (κ2) is 4.45. The van der Waals surface area contributed by atoms with Crippen molar-refractivity contribution in [2.24, 2.45) is 5.92 Å². The van der Waals surface area contributed by atoms with Crippen LogP contribution in [-0.4, -0.2) is 53.3 Å². The minimum absolute atomic E-state index is 0.0511. The Morgan fingerprint density at radius 1 is 1.35 bits per heavy atom. The van der Waals surface area contributed by atoms with E-state index in [0.29, 0.717) is 18.6 Å². The predicted molar refractivity (Wildman–Crippen MR) is 91.9 cm³/mol. The van der Waals surface area contributed by atoms with E-state index in [2.05, 4.69) is 7.05 Å². The maximum atomic E-state index is 12.8. The smallest absolute Gasteiger partial charge is 0.174 e. The number of piperidine rings is 1. The van der Waals surface area contributed by atoms with Crippen molar-refractivity contribution in [3.8, 4) is 11.5 Å². The molecule has 6 rings (SSSR count). The zero-order valence-electron chi connectivity index (χ0n) is 15.2. The van der Waals surface area contributed by atoms with Crippen molar-refractivity contribution in [1.29, 1.82) is 0 Å². The van der Waals surface area contributed by atoms with Crippen molar-refractivity contribution in [2.75, 3.05) is 20.1 Å². The number of hydrogen-bond acceptors (Lipinski definition) is 4. The topological polar surface area (TPSA) is 69.6 Å². The van der Waals surface area contributed by atoms with Crippen LogP contribution in [-0.2, 0) is 16.6 Å². The molecule has 1 aromatic carbocycles. The summed E-state index contributed by atoms with van der Waals surface area (Å²) in [5, 5.41) is 24.6. The van der Waals surface area contributed by atoms with Gasteiger partial charge in [0.1, 0.15) is 17.4 Å². The van der Waals surface area contributed by atoms with E-state index in [1.54, 1.807) is 6.07 Å². The third-order valence-electron chi connectivity index (χ3n) is 8.26. The number of quaternary nitrogens is 1. The summed E-state index contributed by atoms with van der Waals surface area (Å²) in [6, 6.07) is 3.58. The van der Waals surface area contributed by atoms with Gasteiger partial charge in [-0.15, -0.1) is 0 Å². The Morgan fingerprint density at radius 2 is 2.15 bits per heavy atom. The summed E-state index contributed by atoms with van der Waals surface area (Å²) in [7, 11) is 2.29. The van der Waals surface area contributed by atoms with Crippen LogP contribution in [0.4, 0.5) is 0 Å². The van der Waals surface area contributed by atoms with E-state index in [9.17, 15) is 15.0 Å². The maximum absolute atomic E-state index is 12.8. The van der Waals surface area contributed by atoms with E-state index in [1.165, 1.54) is 12.8 Å². The van der Waals surface area contributed by atoms with Gasteiger partial charge in [-0.3, -0.25) is 4.79 Å². The molecular formula is C21H25NO4. The molecule has 26 heavy (non-hydrogen) atoms. The quantitative estimate of drug-likeness (QED) is 0.805. The Hall–Kier alpha value is -1.59. The van der Waals surface area contributed by atoms with Gasteiger partial charge in [0.05, 0.1) is 25.6 Å². The lowest BCUT2D eigenvalue weighted by atomic mass is 9.48. The number of hydrogen-bond donors (Lipinski definition) is 1. The van der Waals surface area contributed by atoms with Crippen LogP contribution in [0.15, 0.2) is 12.1 Å². The first-order valence-electron chi connectivity index (χ1n) is 9.98. The van der Waals surface area contributed by atoms with E-state index in [4.69, 9.17) is 4.74 Å². The van der Waals surface area contributed by atoms with Crippen molar-refractivity contribution >= 4 is 5.78 Å². The molecule has 2 heterocycles. The number of carbonyl (C=O) groups is 1. The molecule has 5 heteroatoms. The Morgan fingerprint density at radius 3 is 2.92 bits per heavy atom. The Kier molecular flexibility index (Phi) is 2.65. The molecule has 5 aliphatic rings. The van der Waals surface area contributed by atoms with Crippen molar-refractivity contribution in [3.05, 3.63) is 23.3 Å². The number of ether oxygens (including phenoxy) is 1. The summed E-state index contributed by atoms with van der Waals surface area (Å²) in [6.07, 6.45) is 4.26.